The first-order valence-electron chi connectivity index (χ1n) is 9.61. The van der Waals surface area contributed by atoms with E-state index in [1.165, 1.54) is 34.9 Å². The molecular formula is C18H18N8O5S. The van der Waals surface area contributed by atoms with E-state index in [4.69, 9.17) is 4.74 Å². The van der Waals surface area contributed by atoms with Crippen molar-refractivity contribution < 1.29 is 23.1 Å². The van der Waals surface area contributed by atoms with E-state index in [1.807, 2.05) is 0 Å². The number of esters is 1. The minimum Gasteiger partial charge on any atom is -0.468 e. The summed E-state index contributed by atoms with van der Waals surface area (Å²) in [6, 6.07) is 4.90. The zero-order chi connectivity index (χ0) is 22.6. The van der Waals surface area contributed by atoms with E-state index in [0.717, 1.165) is 4.31 Å². The summed E-state index contributed by atoms with van der Waals surface area (Å²) in [4.78, 5) is 20.4. The summed E-state index contributed by atoms with van der Waals surface area (Å²) >= 11 is 0. The topological polar surface area (TPSA) is 158 Å². The van der Waals surface area contributed by atoms with Gasteiger partial charge in [0.25, 0.3) is 5.78 Å². The van der Waals surface area contributed by atoms with Gasteiger partial charge in [-0.25, -0.2) is 18.1 Å². The number of hydrogen-bond acceptors (Lipinski definition) is 10. The van der Waals surface area contributed by atoms with Crippen molar-refractivity contribution in [3.63, 3.8) is 0 Å². The molecule has 5 rings (SSSR count). The van der Waals surface area contributed by atoms with Gasteiger partial charge in [0.15, 0.2) is 0 Å². The average Bonchev–Trinajstić information content (AvgIpc) is 3.49. The van der Waals surface area contributed by atoms with Gasteiger partial charge in [-0.1, -0.05) is 0 Å². The van der Waals surface area contributed by atoms with Gasteiger partial charge >= 0.3 is 5.97 Å². The molecular weight excluding hydrogens is 440 g/mol. The summed E-state index contributed by atoms with van der Waals surface area (Å²) in [6.07, 6.45) is 0.384. The number of methoxy groups -OCH3 is 1. The van der Waals surface area contributed by atoms with Crippen LogP contribution in [0.15, 0.2) is 35.5 Å². The predicted octanol–water partition coefficient (Wildman–Crippen LogP) is -0.536. The van der Waals surface area contributed by atoms with Gasteiger partial charge < -0.3 is 9.84 Å². The van der Waals surface area contributed by atoms with Crippen LogP contribution in [0.2, 0.25) is 0 Å². The lowest BCUT2D eigenvalue weighted by atomic mass is 10.2. The molecule has 4 aromatic rings. The van der Waals surface area contributed by atoms with Crippen LogP contribution in [0.1, 0.15) is 12.1 Å². The maximum atomic E-state index is 13.1. The van der Waals surface area contributed by atoms with Crippen LogP contribution in [-0.4, -0.2) is 84.2 Å². The molecule has 3 aromatic heterocycles. The second-order valence-electron chi connectivity index (χ2n) is 7.33. The number of sulfonamides is 1. The van der Waals surface area contributed by atoms with Crippen molar-refractivity contribution in [2.24, 2.45) is 0 Å². The van der Waals surface area contributed by atoms with Crippen molar-refractivity contribution in [1.29, 1.82) is 0 Å². The largest absolute Gasteiger partial charge is 0.468 e. The Bertz CT molecular complexity index is 1450. The van der Waals surface area contributed by atoms with E-state index in [1.54, 1.807) is 19.1 Å². The van der Waals surface area contributed by atoms with Gasteiger partial charge in [0.05, 0.1) is 29.5 Å². The molecule has 4 heterocycles. The van der Waals surface area contributed by atoms with Crippen molar-refractivity contribution in [2.45, 2.75) is 30.4 Å². The van der Waals surface area contributed by atoms with Gasteiger partial charge in [0, 0.05) is 13.0 Å². The summed E-state index contributed by atoms with van der Waals surface area (Å²) in [5.41, 5.74) is 2.17. The molecule has 2 unspecified atom stereocenters. The van der Waals surface area contributed by atoms with E-state index in [2.05, 4.69) is 25.3 Å². The van der Waals surface area contributed by atoms with E-state index < -0.39 is 28.1 Å². The van der Waals surface area contributed by atoms with Crippen molar-refractivity contribution in [2.75, 3.05) is 13.7 Å². The van der Waals surface area contributed by atoms with Gasteiger partial charge in [-0.05, 0) is 31.2 Å². The molecule has 0 spiro atoms. The number of aliphatic hydroxyl groups is 1. The monoisotopic (exact) mass is 458 g/mol. The van der Waals surface area contributed by atoms with Crippen LogP contribution in [-0.2, 0) is 19.6 Å². The van der Waals surface area contributed by atoms with Gasteiger partial charge in [-0.3, -0.25) is 4.79 Å². The smallest absolute Gasteiger partial charge is 0.324 e. The average molecular weight is 458 g/mol. The van der Waals surface area contributed by atoms with Crippen LogP contribution < -0.4 is 0 Å². The number of carbonyl (C=O) groups excluding carboxylic acids is 1. The van der Waals surface area contributed by atoms with Crippen LogP contribution in [0.3, 0.4) is 0 Å². The van der Waals surface area contributed by atoms with Crippen molar-refractivity contribution in [1.82, 2.24) is 38.9 Å². The number of aliphatic hydroxyl groups excluding tert-OH is 1. The highest BCUT2D eigenvalue weighted by atomic mass is 32.2. The van der Waals surface area contributed by atoms with Crippen molar-refractivity contribution in [3.8, 4) is 5.69 Å². The Kier molecular flexibility index (Phi) is 4.65. The third-order valence-corrected chi connectivity index (χ3v) is 7.20. The summed E-state index contributed by atoms with van der Waals surface area (Å²) in [7, 11) is -2.86. The zero-order valence-electron chi connectivity index (χ0n) is 17.0. The standard InChI is InChI=1S/C18H18N8O5S/c1-10-15-16(23-26-18(21-15)19-9-20-26)25(22-10)11-3-5-13(6-4-11)32(29,30)24-8-12(27)7-14(24)17(28)31-2/h3-6,9,12,14,27H,7-8H2,1-2H3. The van der Waals surface area contributed by atoms with Gasteiger partial charge in [-0.15, -0.1) is 14.8 Å². The molecule has 166 valence electrons. The fraction of sp³-hybridized carbons (Fsp3) is 0.333. The van der Waals surface area contributed by atoms with E-state index >= 15 is 0 Å². The minimum absolute atomic E-state index is 0.0159. The van der Waals surface area contributed by atoms with Crippen LogP contribution in [0.5, 0.6) is 0 Å². The van der Waals surface area contributed by atoms with E-state index in [-0.39, 0.29) is 17.9 Å². The molecule has 14 heteroatoms. The Morgan fingerprint density at radius 2 is 1.97 bits per heavy atom. The lowest BCUT2D eigenvalue weighted by Gasteiger charge is -2.21. The zero-order valence-corrected chi connectivity index (χ0v) is 17.8. The number of benzene rings is 1. The van der Waals surface area contributed by atoms with Crippen molar-refractivity contribution in [3.05, 3.63) is 36.3 Å². The highest BCUT2D eigenvalue weighted by Crippen LogP contribution is 2.28. The Labute approximate surface area is 181 Å². The quantitative estimate of drug-likeness (QED) is 0.394. The number of rotatable bonds is 4. The molecule has 1 saturated heterocycles. The van der Waals surface area contributed by atoms with Gasteiger partial charge in [0.2, 0.25) is 15.7 Å². The summed E-state index contributed by atoms with van der Waals surface area (Å²) in [5, 5.41) is 22.8. The predicted molar refractivity (Wildman–Crippen MR) is 108 cm³/mol. The lowest BCUT2D eigenvalue weighted by Crippen LogP contribution is -2.41. The molecule has 2 atom stereocenters. The maximum absolute atomic E-state index is 13.1. The number of fused-ring (bicyclic) bond motifs is 2. The molecule has 1 N–H and O–H groups in total. The molecule has 13 nitrogen and oxygen atoms in total. The maximum Gasteiger partial charge on any atom is 0.324 e. The fourth-order valence-corrected chi connectivity index (χ4v) is 5.39. The van der Waals surface area contributed by atoms with Gasteiger partial charge in [-0.2, -0.15) is 14.4 Å². The first kappa shape index (κ1) is 20.4. The van der Waals surface area contributed by atoms with Crippen LogP contribution in [0.4, 0.5) is 0 Å². The van der Waals surface area contributed by atoms with Gasteiger partial charge in [0.1, 0.15) is 17.9 Å². The van der Waals surface area contributed by atoms with Crippen molar-refractivity contribution >= 4 is 32.9 Å². The number of ether oxygens (including phenoxy) is 1. The molecule has 0 aliphatic carbocycles. The second-order valence-corrected chi connectivity index (χ2v) is 9.22. The lowest BCUT2D eigenvalue weighted by molar-refractivity contribution is -0.144. The second kappa shape index (κ2) is 7.29. The molecule has 0 bridgehead atoms. The Morgan fingerprint density at radius 1 is 1.22 bits per heavy atom. The SMILES string of the molecule is COC(=O)C1CC(O)CN1S(=O)(=O)c1ccc(-n2nc(C)c3nc4ncnn4nc32)cc1. The first-order chi connectivity index (χ1) is 15.3. The normalized spacial score (nSPS) is 19.7. The Hall–Kier alpha value is -3.49. The summed E-state index contributed by atoms with van der Waals surface area (Å²) < 4.78 is 34.8. The number of aromatic nitrogens is 7. The highest BCUT2D eigenvalue weighted by Gasteiger charge is 2.44. The summed E-state index contributed by atoms with van der Waals surface area (Å²) in [5.74, 6) is -0.368. The Balaban J connectivity index is 1.52. The number of hydrogen-bond donors (Lipinski definition) is 1. The fourth-order valence-electron chi connectivity index (χ4n) is 3.77. The molecule has 1 aromatic carbocycles. The molecule has 1 aliphatic heterocycles. The van der Waals surface area contributed by atoms with Crippen LogP contribution >= 0.6 is 0 Å². The van der Waals surface area contributed by atoms with E-state index in [0.29, 0.717) is 28.3 Å². The van der Waals surface area contributed by atoms with Crippen LogP contribution in [0.25, 0.3) is 22.6 Å². The number of β-amino-alcohol motifs (C(OH)–C–C–N with tert-alkyl or cyclic N) is 1. The number of carbonyl (C=O) groups is 1. The number of nitrogens with zero attached hydrogens (tertiary/aromatic N) is 8. The molecule has 32 heavy (non-hydrogen) atoms. The third-order valence-electron chi connectivity index (χ3n) is 5.31. The highest BCUT2D eigenvalue weighted by molar-refractivity contribution is 7.89. The molecule has 1 aliphatic rings. The number of aryl methyl sites for hydroxylation is 1. The third kappa shape index (κ3) is 3.11. The summed E-state index contributed by atoms with van der Waals surface area (Å²) in [6.45, 7) is 1.60. The molecule has 0 radical (unpaired) electrons. The minimum atomic E-state index is -4.04. The molecule has 1 fully saturated rings. The van der Waals surface area contributed by atoms with E-state index in [9.17, 15) is 18.3 Å². The molecule has 0 amide bonds. The van der Waals surface area contributed by atoms with Crippen LogP contribution in [0, 0.1) is 6.92 Å². The Morgan fingerprint density at radius 3 is 2.69 bits per heavy atom. The first-order valence-corrected chi connectivity index (χ1v) is 11.0. The molecule has 0 saturated carbocycles.